The van der Waals surface area contributed by atoms with Crippen molar-refractivity contribution in [1.82, 2.24) is 10.3 Å². The van der Waals surface area contributed by atoms with E-state index in [1.54, 1.807) is 0 Å². The van der Waals surface area contributed by atoms with Crippen molar-refractivity contribution in [2.75, 3.05) is 13.1 Å². The van der Waals surface area contributed by atoms with Gasteiger partial charge in [-0.05, 0) is 20.4 Å². The Morgan fingerprint density at radius 1 is 1.60 bits per heavy atom. The van der Waals surface area contributed by atoms with Crippen LogP contribution in [0, 0.1) is 0 Å². The van der Waals surface area contributed by atoms with Crippen LogP contribution in [0.15, 0.2) is 5.10 Å². The van der Waals surface area contributed by atoms with Crippen molar-refractivity contribution in [3.8, 4) is 0 Å². The minimum Gasteiger partial charge on any atom is -0.297 e. The summed E-state index contributed by atoms with van der Waals surface area (Å²) in [7, 11) is 0. The molecule has 0 aromatic rings. The summed E-state index contributed by atoms with van der Waals surface area (Å²) in [6.45, 7) is 11.5. The number of rotatable bonds is 5. The fourth-order valence-corrected chi connectivity index (χ4v) is 0.897. The van der Waals surface area contributed by atoms with Crippen molar-refractivity contribution < 1.29 is 0 Å². The van der Waals surface area contributed by atoms with Crippen LogP contribution in [0.1, 0.15) is 20.8 Å². The van der Waals surface area contributed by atoms with Gasteiger partial charge in [-0.15, -0.1) is 0 Å². The van der Waals surface area contributed by atoms with E-state index in [9.17, 15) is 0 Å². The van der Waals surface area contributed by atoms with Crippen molar-refractivity contribution in [1.29, 1.82) is 0 Å². The summed E-state index contributed by atoms with van der Waals surface area (Å²) in [6, 6.07) is 0. The van der Waals surface area contributed by atoms with Gasteiger partial charge in [-0.2, -0.15) is 5.10 Å². The van der Waals surface area contributed by atoms with Crippen molar-refractivity contribution in [2.45, 2.75) is 26.9 Å². The maximum Gasteiger partial charge on any atom is 0.0935 e. The van der Waals surface area contributed by atoms with Crippen molar-refractivity contribution in [2.24, 2.45) is 5.10 Å². The Morgan fingerprint density at radius 2 is 2.20 bits per heavy atom. The van der Waals surface area contributed by atoms with E-state index in [4.69, 9.17) is 0 Å². The van der Waals surface area contributed by atoms with E-state index in [-0.39, 0.29) is 0 Å². The third-order valence-electron chi connectivity index (χ3n) is 1.45. The molecule has 1 unspecified atom stereocenters. The Hall–Kier alpha value is -0.570. The number of nitrogens with one attached hydrogen (secondary N) is 1. The molecule has 0 radical (unpaired) electrons. The van der Waals surface area contributed by atoms with E-state index < -0.39 is 0 Å². The zero-order valence-corrected chi connectivity index (χ0v) is 7.09. The van der Waals surface area contributed by atoms with Crippen LogP contribution in [0.2, 0.25) is 0 Å². The van der Waals surface area contributed by atoms with Crippen LogP contribution < -0.4 is 5.32 Å². The SMILES string of the molecule is C=NN(CC)C(C)NCC. The molecule has 0 heterocycles. The molecule has 0 aromatic carbocycles. The van der Waals surface area contributed by atoms with Crippen molar-refractivity contribution >= 4 is 6.72 Å². The van der Waals surface area contributed by atoms with E-state index in [1.165, 1.54) is 0 Å². The average molecular weight is 143 g/mol. The van der Waals surface area contributed by atoms with E-state index in [2.05, 4.69) is 37.9 Å². The molecule has 3 nitrogen and oxygen atoms in total. The molecule has 0 aliphatic heterocycles. The Bertz CT molecular complexity index is 92.9. The van der Waals surface area contributed by atoms with Crippen LogP contribution >= 0.6 is 0 Å². The molecule has 10 heavy (non-hydrogen) atoms. The molecule has 0 saturated carbocycles. The molecule has 1 atom stereocenters. The lowest BCUT2D eigenvalue weighted by Gasteiger charge is -2.24. The van der Waals surface area contributed by atoms with Gasteiger partial charge in [0.25, 0.3) is 0 Å². The summed E-state index contributed by atoms with van der Waals surface area (Å²) < 4.78 is 0. The summed E-state index contributed by atoms with van der Waals surface area (Å²) in [5.74, 6) is 0. The first kappa shape index (κ1) is 9.43. The molecule has 0 aliphatic carbocycles. The fourth-order valence-electron chi connectivity index (χ4n) is 0.897. The predicted octanol–water partition coefficient (Wildman–Crippen LogP) is 0.879. The molecular weight excluding hydrogens is 126 g/mol. The molecule has 0 aliphatic rings. The lowest BCUT2D eigenvalue weighted by Crippen LogP contribution is -2.40. The molecule has 0 amide bonds. The monoisotopic (exact) mass is 143 g/mol. The Labute approximate surface area is 63.1 Å². The highest BCUT2D eigenvalue weighted by atomic mass is 15.5. The van der Waals surface area contributed by atoms with Gasteiger partial charge in [-0.25, -0.2) is 0 Å². The molecule has 0 bridgehead atoms. The third-order valence-corrected chi connectivity index (χ3v) is 1.45. The normalized spacial score (nSPS) is 12.7. The number of nitrogens with zero attached hydrogens (tertiary/aromatic N) is 2. The van der Waals surface area contributed by atoms with Gasteiger partial charge in [-0.1, -0.05) is 6.92 Å². The number of hydrogen-bond donors (Lipinski definition) is 1. The first-order chi connectivity index (χ1) is 4.76. The first-order valence-electron chi connectivity index (χ1n) is 3.72. The van der Waals surface area contributed by atoms with Gasteiger partial charge in [0.1, 0.15) is 0 Å². The predicted molar refractivity (Wildman–Crippen MR) is 45.1 cm³/mol. The smallest absolute Gasteiger partial charge is 0.0935 e. The molecule has 0 saturated heterocycles. The van der Waals surface area contributed by atoms with Gasteiger partial charge in [0.2, 0.25) is 0 Å². The molecule has 1 N–H and O–H groups in total. The van der Waals surface area contributed by atoms with Gasteiger partial charge in [0.15, 0.2) is 0 Å². The minimum atomic E-state index is 0.299. The number of hydrogen-bond acceptors (Lipinski definition) is 3. The maximum atomic E-state index is 3.85. The summed E-state index contributed by atoms with van der Waals surface area (Å²) >= 11 is 0. The highest BCUT2D eigenvalue weighted by Crippen LogP contribution is 1.93. The van der Waals surface area contributed by atoms with Crippen LogP contribution in [-0.2, 0) is 0 Å². The molecule has 0 aromatic heterocycles. The summed E-state index contributed by atoms with van der Waals surface area (Å²) in [5, 5.41) is 8.99. The first-order valence-corrected chi connectivity index (χ1v) is 3.72. The van der Waals surface area contributed by atoms with Crippen LogP contribution in [0.3, 0.4) is 0 Å². The Kier molecular flexibility index (Phi) is 4.94. The largest absolute Gasteiger partial charge is 0.297 e. The topological polar surface area (TPSA) is 27.6 Å². The van der Waals surface area contributed by atoms with Gasteiger partial charge in [0, 0.05) is 13.3 Å². The Balaban J connectivity index is 3.63. The van der Waals surface area contributed by atoms with E-state index in [0.717, 1.165) is 13.1 Å². The van der Waals surface area contributed by atoms with Crippen LogP contribution in [0.5, 0.6) is 0 Å². The lowest BCUT2D eigenvalue weighted by atomic mass is 10.5. The van der Waals surface area contributed by atoms with Crippen LogP contribution in [0.25, 0.3) is 0 Å². The van der Waals surface area contributed by atoms with Gasteiger partial charge in [-0.3, -0.25) is 10.3 Å². The van der Waals surface area contributed by atoms with E-state index >= 15 is 0 Å². The molecule has 60 valence electrons. The van der Waals surface area contributed by atoms with E-state index in [0.29, 0.717) is 6.17 Å². The summed E-state index contributed by atoms with van der Waals surface area (Å²) in [6.07, 6.45) is 0.299. The summed E-state index contributed by atoms with van der Waals surface area (Å²) in [4.78, 5) is 0. The molecule has 3 heteroatoms. The third kappa shape index (κ3) is 2.82. The highest BCUT2D eigenvalue weighted by molar-refractivity contribution is 5.22. The minimum absolute atomic E-state index is 0.299. The molecule has 0 fully saturated rings. The second kappa shape index (κ2) is 5.23. The maximum absolute atomic E-state index is 3.85. The molecule has 0 spiro atoms. The summed E-state index contributed by atoms with van der Waals surface area (Å²) in [5.41, 5.74) is 0. The van der Waals surface area contributed by atoms with Crippen LogP contribution in [-0.4, -0.2) is 31.0 Å². The van der Waals surface area contributed by atoms with E-state index in [1.807, 2.05) is 5.01 Å². The quantitative estimate of drug-likeness (QED) is 0.351. The molecule has 0 rings (SSSR count). The fraction of sp³-hybridized carbons (Fsp3) is 0.857. The zero-order chi connectivity index (χ0) is 7.98. The van der Waals surface area contributed by atoms with Gasteiger partial charge < -0.3 is 0 Å². The van der Waals surface area contributed by atoms with Gasteiger partial charge in [0.05, 0.1) is 6.17 Å². The number of hydrazone groups is 1. The van der Waals surface area contributed by atoms with Crippen LogP contribution in [0.4, 0.5) is 0 Å². The highest BCUT2D eigenvalue weighted by Gasteiger charge is 2.04. The van der Waals surface area contributed by atoms with Crippen molar-refractivity contribution in [3.05, 3.63) is 0 Å². The van der Waals surface area contributed by atoms with Crippen molar-refractivity contribution in [3.63, 3.8) is 0 Å². The second-order valence-corrected chi connectivity index (χ2v) is 2.13. The second-order valence-electron chi connectivity index (χ2n) is 2.13. The molecular formula is C7H17N3. The van der Waals surface area contributed by atoms with Gasteiger partial charge >= 0.3 is 0 Å². The average Bonchev–Trinajstić information content (AvgIpc) is 1.91. The standard InChI is InChI=1S/C7H17N3/c1-5-9-7(3)10(6-2)8-4/h7,9H,4-6H2,1-3H3. The lowest BCUT2D eigenvalue weighted by molar-refractivity contribution is 0.200. The zero-order valence-electron chi connectivity index (χ0n) is 7.09. The Morgan fingerprint density at radius 3 is 2.50 bits per heavy atom.